The van der Waals surface area contributed by atoms with Gasteiger partial charge >= 0.3 is 0 Å². The summed E-state index contributed by atoms with van der Waals surface area (Å²) in [5.74, 6) is 0.875. The molecule has 0 spiro atoms. The van der Waals surface area contributed by atoms with Crippen molar-refractivity contribution in [2.24, 2.45) is 0 Å². The van der Waals surface area contributed by atoms with Gasteiger partial charge in [-0.3, -0.25) is 4.79 Å². The van der Waals surface area contributed by atoms with E-state index in [4.69, 9.17) is 0 Å². The maximum absolute atomic E-state index is 13.6. The highest BCUT2D eigenvalue weighted by Gasteiger charge is 2.20. The van der Waals surface area contributed by atoms with Gasteiger partial charge in [-0.2, -0.15) is 4.98 Å². The third-order valence-electron chi connectivity index (χ3n) is 4.98. The van der Waals surface area contributed by atoms with E-state index in [9.17, 15) is 9.18 Å². The standard InChI is InChI=1S/C22H23FN6O/c1-14(23)16-6-7-18-12-29(9-8-17(18)10-16)22-25-13-24-21(28-22)27-20-5-3-4-19(11-20)26-15(2)30/h3-7,10-11,13-14H,8-9,12H2,1-2H3,(H,26,30)(H,24,25,27,28). The fourth-order valence-corrected chi connectivity index (χ4v) is 3.50. The minimum Gasteiger partial charge on any atom is -0.336 e. The second kappa shape index (κ2) is 8.44. The molecule has 154 valence electrons. The summed E-state index contributed by atoms with van der Waals surface area (Å²) in [5, 5.41) is 5.90. The van der Waals surface area contributed by atoms with Crippen LogP contribution in [0.3, 0.4) is 0 Å². The van der Waals surface area contributed by atoms with E-state index in [2.05, 4.69) is 30.5 Å². The van der Waals surface area contributed by atoms with Crippen LogP contribution in [0.5, 0.6) is 0 Å². The molecule has 7 nitrogen and oxygen atoms in total. The van der Waals surface area contributed by atoms with Crippen molar-refractivity contribution in [1.29, 1.82) is 0 Å². The van der Waals surface area contributed by atoms with E-state index in [0.717, 1.165) is 29.8 Å². The molecule has 4 rings (SSSR count). The smallest absolute Gasteiger partial charge is 0.232 e. The number of hydrogen-bond acceptors (Lipinski definition) is 6. The zero-order chi connectivity index (χ0) is 21.1. The Morgan fingerprint density at radius 2 is 1.97 bits per heavy atom. The van der Waals surface area contributed by atoms with E-state index in [1.165, 1.54) is 18.8 Å². The zero-order valence-corrected chi connectivity index (χ0v) is 16.9. The second-order valence-corrected chi connectivity index (χ2v) is 7.31. The van der Waals surface area contributed by atoms with Crippen LogP contribution in [0, 0.1) is 0 Å². The lowest BCUT2D eigenvalue weighted by Gasteiger charge is -2.29. The lowest BCUT2D eigenvalue weighted by Crippen LogP contribution is -2.32. The molecule has 0 saturated heterocycles. The normalized spacial score (nSPS) is 14.0. The van der Waals surface area contributed by atoms with Crippen molar-refractivity contribution in [3.8, 4) is 0 Å². The molecule has 0 fully saturated rings. The molecule has 1 aromatic heterocycles. The predicted molar refractivity (Wildman–Crippen MR) is 115 cm³/mol. The molecule has 8 heteroatoms. The lowest BCUT2D eigenvalue weighted by atomic mass is 9.96. The van der Waals surface area contributed by atoms with Gasteiger partial charge in [0.2, 0.25) is 17.8 Å². The van der Waals surface area contributed by atoms with Crippen molar-refractivity contribution in [2.75, 3.05) is 22.1 Å². The molecule has 1 atom stereocenters. The SMILES string of the molecule is CC(=O)Nc1cccc(Nc2ncnc(N3CCc4cc(C(C)F)ccc4C3)n2)c1. The molecule has 30 heavy (non-hydrogen) atoms. The first-order valence-electron chi connectivity index (χ1n) is 9.82. The number of benzene rings is 2. The molecule has 1 amide bonds. The Morgan fingerprint density at radius 3 is 2.77 bits per heavy atom. The van der Waals surface area contributed by atoms with Crippen LogP contribution in [0.4, 0.5) is 27.7 Å². The molecule has 2 aromatic carbocycles. The maximum Gasteiger partial charge on any atom is 0.232 e. The van der Waals surface area contributed by atoms with Crippen LogP contribution in [-0.2, 0) is 17.8 Å². The fourth-order valence-electron chi connectivity index (χ4n) is 3.50. The van der Waals surface area contributed by atoms with E-state index in [0.29, 0.717) is 24.1 Å². The molecule has 1 aliphatic rings. The molecule has 2 N–H and O–H groups in total. The molecular formula is C22H23FN6O. The van der Waals surface area contributed by atoms with Gasteiger partial charge in [-0.15, -0.1) is 0 Å². The molecule has 0 saturated carbocycles. The number of anilines is 4. The van der Waals surface area contributed by atoms with E-state index in [-0.39, 0.29) is 5.91 Å². The number of amides is 1. The summed E-state index contributed by atoms with van der Waals surface area (Å²) in [4.78, 5) is 26.4. The summed E-state index contributed by atoms with van der Waals surface area (Å²) < 4.78 is 13.6. The largest absolute Gasteiger partial charge is 0.336 e. The highest BCUT2D eigenvalue weighted by molar-refractivity contribution is 5.89. The molecule has 1 unspecified atom stereocenters. The van der Waals surface area contributed by atoms with Crippen LogP contribution in [-0.4, -0.2) is 27.4 Å². The number of fused-ring (bicyclic) bond motifs is 1. The number of aromatic nitrogens is 3. The van der Waals surface area contributed by atoms with Crippen LogP contribution < -0.4 is 15.5 Å². The summed E-state index contributed by atoms with van der Waals surface area (Å²) >= 11 is 0. The Balaban J connectivity index is 1.49. The van der Waals surface area contributed by atoms with E-state index in [1.54, 1.807) is 6.92 Å². The number of hydrogen-bond donors (Lipinski definition) is 2. The first-order valence-corrected chi connectivity index (χ1v) is 9.82. The summed E-state index contributed by atoms with van der Waals surface area (Å²) in [6, 6.07) is 13.1. The average molecular weight is 406 g/mol. The Hall–Kier alpha value is -3.55. The minimum absolute atomic E-state index is 0.131. The van der Waals surface area contributed by atoms with E-state index < -0.39 is 6.17 Å². The van der Waals surface area contributed by atoms with Crippen molar-refractivity contribution < 1.29 is 9.18 Å². The minimum atomic E-state index is -0.963. The Kier molecular flexibility index (Phi) is 5.56. The number of carbonyl (C=O) groups excluding carboxylic acids is 1. The molecule has 0 aliphatic carbocycles. The topological polar surface area (TPSA) is 83.0 Å². The van der Waals surface area contributed by atoms with Crippen LogP contribution in [0.1, 0.15) is 36.7 Å². The highest BCUT2D eigenvalue weighted by atomic mass is 19.1. The summed E-state index contributed by atoms with van der Waals surface area (Å²) in [5.41, 5.74) is 4.50. The van der Waals surface area contributed by atoms with Crippen molar-refractivity contribution in [3.05, 3.63) is 65.5 Å². The number of carbonyl (C=O) groups is 1. The summed E-state index contributed by atoms with van der Waals surface area (Å²) in [6.45, 7) is 4.44. The van der Waals surface area contributed by atoms with Crippen molar-refractivity contribution in [1.82, 2.24) is 15.0 Å². The van der Waals surface area contributed by atoms with Gasteiger partial charge in [0.15, 0.2) is 0 Å². The quantitative estimate of drug-likeness (QED) is 0.662. The Bertz CT molecular complexity index is 1070. The van der Waals surface area contributed by atoms with Crippen LogP contribution in [0.25, 0.3) is 0 Å². The number of nitrogens with one attached hydrogen (secondary N) is 2. The van der Waals surface area contributed by atoms with Crippen molar-refractivity contribution in [3.63, 3.8) is 0 Å². The summed E-state index contributed by atoms with van der Waals surface area (Å²) in [7, 11) is 0. The molecular weight excluding hydrogens is 383 g/mol. The van der Waals surface area contributed by atoms with Gasteiger partial charge in [0.25, 0.3) is 0 Å². The fraction of sp³-hybridized carbons (Fsp3) is 0.273. The van der Waals surface area contributed by atoms with Crippen molar-refractivity contribution in [2.45, 2.75) is 33.0 Å². The molecule has 0 bridgehead atoms. The average Bonchev–Trinajstić information content (AvgIpc) is 2.73. The zero-order valence-electron chi connectivity index (χ0n) is 16.9. The number of alkyl halides is 1. The van der Waals surface area contributed by atoms with Crippen LogP contribution in [0.15, 0.2) is 48.8 Å². The van der Waals surface area contributed by atoms with Gasteiger partial charge in [-0.25, -0.2) is 14.4 Å². The number of halogens is 1. The van der Waals surface area contributed by atoms with E-state index in [1.807, 2.05) is 42.5 Å². The molecule has 2 heterocycles. The van der Waals surface area contributed by atoms with Gasteiger partial charge in [0.05, 0.1) is 0 Å². The molecule has 3 aromatic rings. The third-order valence-corrected chi connectivity index (χ3v) is 4.98. The first-order chi connectivity index (χ1) is 14.5. The molecule has 0 radical (unpaired) electrons. The van der Waals surface area contributed by atoms with Crippen LogP contribution >= 0.6 is 0 Å². The second-order valence-electron chi connectivity index (χ2n) is 7.31. The van der Waals surface area contributed by atoms with Crippen LogP contribution in [0.2, 0.25) is 0 Å². The van der Waals surface area contributed by atoms with Gasteiger partial charge in [0, 0.05) is 31.4 Å². The highest BCUT2D eigenvalue weighted by Crippen LogP contribution is 2.27. The molecule has 1 aliphatic heterocycles. The Morgan fingerprint density at radius 1 is 1.13 bits per heavy atom. The van der Waals surface area contributed by atoms with Gasteiger partial charge in [0.1, 0.15) is 12.5 Å². The monoisotopic (exact) mass is 406 g/mol. The van der Waals surface area contributed by atoms with Gasteiger partial charge < -0.3 is 15.5 Å². The first kappa shape index (κ1) is 19.8. The summed E-state index contributed by atoms with van der Waals surface area (Å²) in [6.07, 6.45) is 1.32. The lowest BCUT2D eigenvalue weighted by molar-refractivity contribution is -0.114. The van der Waals surface area contributed by atoms with Crippen molar-refractivity contribution >= 4 is 29.2 Å². The number of rotatable bonds is 5. The van der Waals surface area contributed by atoms with Gasteiger partial charge in [-0.1, -0.05) is 24.3 Å². The predicted octanol–water partition coefficient (Wildman–Crippen LogP) is 4.17. The Labute approximate surface area is 174 Å². The maximum atomic E-state index is 13.6. The third kappa shape index (κ3) is 4.53. The van der Waals surface area contributed by atoms with Gasteiger partial charge in [-0.05, 0) is 48.2 Å². The number of nitrogens with zero attached hydrogens (tertiary/aromatic N) is 4. The van der Waals surface area contributed by atoms with E-state index >= 15 is 0 Å².